The molecule has 1 aromatic carbocycles. The van der Waals surface area contributed by atoms with E-state index in [4.69, 9.17) is 0 Å². The van der Waals surface area contributed by atoms with Gasteiger partial charge in [0.15, 0.2) is 0 Å². The fourth-order valence-corrected chi connectivity index (χ4v) is 2.45. The molecular weight excluding hydrogens is 234 g/mol. The summed E-state index contributed by atoms with van der Waals surface area (Å²) in [7, 11) is 0. The lowest BCUT2D eigenvalue weighted by Gasteiger charge is -2.35. The molecule has 0 amide bonds. The highest BCUT2D eigenvalue weighted by Gasteiger charge is 2.21. The summed E-state index contributed by atoms with van der Waals surface area (Å²) >= 11 is 0. The van der Waals surface area contributed by atoms with Crippen molar-refractivity contribution >= 4 is 5.69 Å². The third-order valence-corrected chi connectivity index (χ3v) is 3.35. The molecule has 1 atom stereocenters. The molecule has 0 bridgehead atoms. The highest BCUT2D eigenvalue weighted by Crippen LogP contribution is 2.23. The fraction of sp³-hybridized carbons (Fsp3) is 0.571. The minimum Gasteiger partial charge on any atom is -0.368 e. The molecule has 1 aliphatic rings. The van der Waals surface area contributed by atoms with Gasteiger partial charge in [0.05, 0.1) is 5.69 Å². The zero-order valence-corrected chi connectivity index (χ0v) is 10.8. The largest absolute Gasteiger partial charge is 0.368 e. The summed E-state index contributed by atoms with van der Waals surface area (Å²) in [6.07, 6.45) is 3.26. The van der Waals surface area contributed by atoms with E-state index in [9.17, 15) is 8.78 Å². The Morgan fingerprint density at radius 3 is 2.94 bits per heavy atom. The highest BCUT2D eigenvalue weighted by molar-refractivity contribution is 5.48. The van der Waals surface area contributed by atoms with Crippen LogP contribution in [0.4, 0.5) is 14.5 Å². The van der Waals surface area contributed by atoms with Gasteiger partial charge in [0.1, 0.15) is 11.6 Å². The number of halogens is 2. The molecule has 0 aliphatic carbocycles. The van der Waals surface area contributed by atoms with E-state index in [1.54, 1.807) is 0 Å². The summed E-state index contributed by atoms with van der Waals surface area (Å²) in [5.41, 5.74) is 0.513. The molecule has 1 saturated heterocycles. The van der Waals surface area contributed by atoms with Crippen molar-refractivity contribution < 1.29 is 8.78 Å². The van der Waals surface area contributed by atoms with Gasteiger partial charge in [-0.2, -0.15) is 0 Å². The smallest absolute Gasteiger partial charge is 0.149 e. The minimum atomic E-state index is -0.520. The Hall–Kier alpha value is -1.16. The van der Waals surface area contributed by atoms with Gasteiger partial charge in [0.2, 0.25) is 0 Å². The molecule has 1 heterocycles. The first-order chi connectivity index (χ1) is 8.70. The third kappa shape index (κ3) is 3.19. The van der Waals surface area contributed by atoms with Crippen LogP contribution in [0.2, 0.25) is 0 Å². The lowest BCUT2D eigenvalue weighted by molar-refractivity contribution is 0.420. The summed E-state index contributed by atoms with van der Waals surface area (Å²) in [5, 5.41) is 3.46. The SMILES string of the molecule is CCCNC1CCCN(c2ccc(F)cc2F)C1. The van der Waals surface area contributed by atoms with Gasteiger partial charge >= 0.3 is 0 Å². The maximum atomic E-state index is 13.7. The van der Waals surface area contributed by atoms with Crippen molar-refractivity contribution in [2.45, 2.75) is 32.2 Å². The summed E-state index contributed by atoms with van der Waals surface area (Å²) in [6.45, 7) is 4.76. The minimum absolute atomic E-state index is 0.406. The lowest BCUT2D eigenvalue weighted by atomic mass is 10.0. The molecule has 0 aromatic heterocycles. The number of piperidine rings is 1. The van der Waals surface area contributed by atoms with Crippen LogP contribution in [0.15, 0.2) is 18.2 Å². The quantitative estimate of drug-likeness (QED) is 0.888. The molecule has 1 N–H and O–H groups in total. The Balaban J connectivity index is 2.03. The van der Waals surface area contributed by atoms with Gasteiger partial charge in [0.25, 0.3) is 0 Å². The van der Waals surface area contributed by atoms with Crippen LogP contribution in [0.1, 0.15) is 26.2 Å². The van der Waals surface area contributed by atoms with Crippen LogP contribution in [0, 0.1) is 11.6 Å². The molecule has 2 nitrogen and oxygen atoms in total. The van der Waals surface area contributed by atoms with Gasteiger partial charge < -0.3 is 10.2 Å². The molecule has 1 aromatic rings. The first-order valence-electron chi connectivity index (χ1n) is 6.64. The number of nitrogens with zero attached hydrogens (tertiary/aromatic N) is 1. The zero-order valence-electron chi connectivity index (χ0n) is 10.8. The van der Waals surface area contributed by atoms with E-state index >= 15 is 0 Å². The van der Waals surface area contributed by atoms with E-state index in [0.717, 1.165) is 45.0 Å². The number of hydrogen-bond acceptors (Lipinski definition) is 2. The zero-order chi connectivity index (χ0) is 13.0. The van der Waals surface area contributed by atoms with Crippen molar-refractivity contribution in [1.29, 1.82) is 0 Å². The third-order valence-electron chi connectivity index (χ3n) is 3.35. The van der Waals surface area contributed by atoms with Crippen molar-refractivity contribution in [3.63, 3.8) is 0 Å². The first kappa shape index (κ1) is 13.3. The van der Waals surface area contributed by atoms with E-state index in [1.165, 1.54) is 12.1 Å². The van der Waals surface area contributed by atoms with Gasteiger partial charge in [0, 0.05) is 25.2 Å². The van der Waals surface area contributed by atoms with Crippen molar-refractivity contribution in [3.8, 4) is 0 Å². The van der Waals surface area contributed by atoms with Gasteiger partial charge in [-0.15, -0.1) is 0 Å². The van der Waals surface area contributed by atoms with E-state index in [2.05, 4.69) is 12.2 Å². The van der Waals surface area contributed by atoms with Crippen LogP contribution >= 0.6 is 0 Å². The maximum absolute atomic E-state index is 13.7. The topological polar surface area (TPSA) is 15.3 Å². The average Bonchev–Trinajstić information content (AvgIpc) is 2.36. The average molecular weight is 254 g/mol. The standard InChI is InChI=1S/C14H20F2N2/c1-2-7-17-12-4-3-8-18(10-12)14-6-5-11(15)9-13(14)16/h5-6,9,12,17H,2-4,7-8,10H2,1H3. The Kier molecular flexibility index (Phi) is 4.53. The second-order valence-corrected chi connectivity index (χ2v) is 4.84. The number of hydrogen-bond donors (Lipinski definition) is 1. The molecule has 2 rings (SSSR count). The second-order valence-electron chi connectivity index (χ2n) is 4.84. The molecule has 18 heavy (non-hydrogen) atoms. The van der Waals surface area contributed by atoms with E-state index < -0.39 is 11.6 Å². The lowest BCUT2D eigenvalue weighted by Crippen LogP contribution is -2.46. The van der Waals surface area contributed by atoms with Crippen LogP contribution < -0.4 is 10.2 Å². The molecule has 0 spiro atoms. The fourth-order valence-electron chi connectivity index (χ4n) is 2.45. The molecule has 4 heteroatoms. The molecule has 0 radical (unpaired) electrons. The van der Waals surface area contributed by atoms with Gasteiger partial charge in [-0.25, -0.2) is 8.78 Å². The van der Waals surface area contributed by atoms with Crippen molar-refractivity contribution in [1.82, 2.24) is 5.32 Å². The predicted octanol–water partition coefficient (Wildman–Crippen LogP) is 2.93. The summed E-state index contributed by atoms with van der Waals surface area (Å²) < 4.78 is 26.6. The first-order valence-corrected chi connectivity index (χ1v) is 6.64. The number of benzene rings is 1. The van der Waals surface area contributed by atoms with Crippen molar-refractivity contribution in [2.75, 3.05) is 24.5 Å². The van der Waals surface area contributed by atoms with Crippen LogP contribution in [-0.2, 0) is 0 Å². The van der Waals surface area contributed by atoms with Gasteiger partial charge in [-0.3, -0.25) is 0 Å². The molecule has 0 saturated carbocycles. The summed E-state index contributed by atoms with van der Waals surface area (Å²) in [6, 6.07) is 4.22. The van der Waals surface area contributed by atoms with Crippen molar-refractivity contribution in [2.24, 2.45) is 0 Å². The predicted molar refractivity (Wildman–Crippen MR) is 69.9 cm³/mol. The Bertz CT molecular complexity index is 395. The van der Waals surface area contributed by atoms with Crippen LogP contribution in [0.5, 0.6) is 0 Å². The van der Waals surface area contributed by atoms with Gasteiger partial charge in [-0.05, 0) is 37.9 Å². The highest BCUT2D eigenvalue weighted by atomic mass is 19.1. The molecular formula is C14H20F2N2. The normalized spacial score (nSPS) is 20.2. The van der Waals surface area contributed by atoms with E-state index in [1.807, 2.05) is 4.90 Å². The molecule has 1 aliphatic heterocycles. The Morgan fingerprint density at radius 1 is 1.39 bits per heavy atom. The number of nitrogens with one attached hydrogen (secondary N) is 1. The van der Waals surface area contributed by atoms with Crippen LogP contribution in [0.3, 0.4) is 0 Å². The Labute approximate surface area is 107 Å². The number of anilines is 1. The molecule has 100 valence electrons. The van der Waals surface area contributed by atoms with E-state index in [0.29, 0.717) is 11.7 Å². The monoisotopic (exact) mass is 254 g/mol. The molecule has 1 fully saturated rings. The maximum Gasteiger partial charge on any atom is 0.149 e. The Morgan fingerprint density at radius 2 is 2.22 bits per heavy atom. The molecule has 1 unspecified atom stereocenters. The summed E-state index contributed by atoms with van der Waals surface area (Å²) in [4.78, 5) is 2.01. The van der Waals surface area contributed by atoms with Gasteiger partial charge in [-0.1, -0.05) is 6.92 Å². The number of rotatable bonds is 4. The summed E-state index contributed by atoms with van der Waals surface area (Å²) in [5.74, 6) is -0.986. The van der Waals surface area contributed by atoms with Crippen molar-refractivity contribution in [3.05, 3.63) is 29.8 Å². The van der Waals surface area contributed by atoms with Crippen LogP contribution in [-0.4, -0.2) is 25.7 Å². The van der Waals surface area contributed by atoms with E-state index in [-0.39, 0.29) is 0 Å². The van der Waals surface area contributed by atoms with Crippen LogP contribution in [0.25, 0.3) is 0 Å². The second kappa shape index (κ2) is 6.14.